The molecule has 2 amide bonds. The fourth-order valence-corrected chi connectivity index (χ4v) is 3.39. The largest absolute Gasteiger partial charge is 0.445 e. The quantitative estimate of drug-likeness (QED) is 0.440. The zero-order valence-electron chi connectivity index (χ0n) is 18.4. The Morgan fingerprint density at radius 1 is 0.758 bits per heavy atom. The van der Waals surface area contributed by atoms with E-state index in [0.717, 1.165) is 23.0 Å². The van der Waals surface area contributed by atoms with Gasteiger partial charge in [0.2, 0.25) is 5.91 Å². The van der Waals surface area contributed by atoms with Gasteiger partial charge in [-0.05, 0) is 29.5 Å². The molecule has 33 heavy (non-hydrogen) atoms. The van der Waals surface area contributed by atoms with Crippen LogP contribution in [0, 0.1) is 0 Å². The second-order valence-electron chi connectivity index (χ2n) is 7.72. The van der Waals surface area contributed by atoms with Gasteiger partial charge in [-0.1, -0.05) is 91.0 Å². The van der Waals surface area contributed by atoms with E-state index in [1.54, 1.807) is 0 Å². The van der Waals surface area contributed by atoms with E-state index < -0.39 is 24.1 Å². The number of carbonyl (C=O) groups is 3. The van der Waals surface area contributed by atoms with E-state index in [-0.39, 0.29) is 13.0 Å². The molecule has 0 heterocycles. The van der Waals surface area contributed by atoms with E-state index in [4.69, 9.17) is 4.74 Å². The average Bonchev–Trinajstić information content (AvgIpc) is 2.86. The van der Waals surface area contributed by atoms with Crippen molar-refractivity contribution in [1.29, 1.82) is 0 Å². The van der Waals surface area contributed by atoms with Gasteiger partial charge in [-0.2, -0.15) is 0 Å². The lowest BCUT2D eigenvalue weighted by Crippen LogP contribution is -2.51. The molecular formula is C27H28N2O4. The second kappa shape index (κ2) is 12.8. The van der Waals surface area contributed by atoms with Crippen LogP contribution in [-0.4, -0.2) is 30.4 Å². The number of aldehydes is 1. The maximum Gasteiger partial charge on any atom is 0.408 e. The molecular weight excluding hydrogens is 416 g/mol. The highest BCUT2D eigenvalue weighted by Gasteiger charge is 2.24. The third kappa shape index (κ3) is 8.26. The number of aryl methyl sites for hydroxylation is 1. The van der Waals surface area contributed by atoms with Crippen LogP contribution in [0.2, 0.25) is 0 Å². The highest BCUT2D eigenvalue weighted by atomic mass is 16.5. The smallest absolute Gasteiger partial charge is 0.408 e. The predicted octanol–water partition coefficient (Wildman–Crippen LogP) is 3.84. The minimum absolute atomic E-state index is 0.0976. The molecule has 6 heteroatoms. The van der Waals surface area contributed by atoms with Crippen molar-refractivity contribution in [2.45, 2.75) is 38.0 Å². The van der Waals surface area contributed by atoms with Gasteiger partial charge in [-0.25, -0.2) is 4.79 Å². The van der Waals surface area contributed by atoms with Crippen molar-refractivity contribution < 1.29 is 19.1 Å². The van der Waals surface area contributed by atoms with Crippen LogP contribution in [0.1, 0.15) is 23.1 Å². The van der Waals surface area contributed by atoms with Crippen molar-refractivity contribution in [3.05, 3.63) is 108 Å². The van der Waals surface area contributed by atoms with Crippen LogP contribution in [0.4, 0.5) is 4.79 Å². The van der Waals surface area contributed by atoms with Crippen molar-refractivity contribution in [2.24, 2.45) is 0 Å². The van der Waals surface area contributed by atoms with Crippen LogP contribution in [0.15, 0.2) is 91.0 Å². The molecule has 0 aliphatic heterocycles. The Morgan fingerprint density at radius 3 is 1.88 bits per heavy atom. The number of alkyl carbamates (subject to hydrolysis) is 1. The Balaban J connectivity index is 1.60. The van der Waals surface area contributed by atoms with Crippen molar-refractivity contribution in [3.63, 3.8) is 0 Å². The van der Waals surface area contributed by atoms with Crippen LogP contribution >= 0.6 is 0 Å². The Hall–Kier alpha value is -3.93. The normalized spacial score (nSPS) is 12.2. The topological polar surface area (TPSA) is 84.5 Å². The number of amides is 2. The molecule has 0 fully saturated rings. The van der Waals surface area contributed by atoms with Crippen LogP contribution in [0.3, 0.4) is 0 Å². The van der Waals surface area contributed by atoms with Crippen LogP contribution < -0.4 is 10.6 Å². The molecule has 0 saturated heterocycles. The molecule has 3 rings (SSSR count). The number of benzene rings is 3. The summed E-state index contributed by atoms with van der Waals surface area (Å²) in [6.45, 7) is 0.0976. The van der Waals surface area contributed by atoms with Crippen molar-refractivity contribution >= 4 is 18.3 Å². The second-order valence-corrected chi connectivity index (χ2v) is 7.72. The first-order valence-electron chi connectivity index (χ1n) is 10.9. The lowest BCUT2D eigenvalue weighted by molar-refractivity contribution is -0.125. The lowest BCUT2D eigenvalue weighted by Gasteiger charge is -2.21. The van der Waals surface area contributed by atoms with Gasteiger partial charge in [0.25, 0.3) is 0 Å². The molecule has 3 aromatic carbocycles. The Labute approximate surface area is 194 Å². The van der Waals surface area contributed by atoms with Gasteiger partial charge in [0, 0.05) is 6.42 Å². The summed E-state index contributed by atoms with van der Waals surface area (Å²) in [5.41, 5.74) is 2.81. The monoisotopic (exact) mass is 444 g/mol. The van der Waals surface area contributed by atoms with E-state index in [1.165, 1.54) is 0 Å². The molecule has 2 atom stereocenters. The zero-order chi connectivity index (χ0) is 23.3. The number of hydrogen-bond acceptors (Lipinski definition) is 4. The maximum atomic E-state index is 13.0. The maximum absolute atomic E-state index is 13.0. The third-order valence-electron chi connectivity index (χ3n) is 5.18. The van der Waals surface area contributed by atoms with E-state index >= 15 is 0 Å². The van der Waals surface area contributed by atoms with Gasteiger partial charge >= 0.3 is 6.09 Å². The van der Waals surface area contributed by atoms with Gasteiger partial charge in [-0.15, -0.1) is 0 Å². The number of ether oxygens (including phenoxy) is 1. The summed E-state index contributed by atoms with van der Waals surface area (Å²) in [6.07, 6.45) is 1.43. The predicted molar refractivity (Wildman–Crippen MR) is 126 cm³/mol. The number of rotatable bonds is 11. The molecule has 0 aliphatic carbocycles. The van der Waals surface area contributed by atoms with Gasteiger partial charge < -0.3 is 20.2 Å². The molecule has 0 radical (unpaired) electrons. The average molecular weight is 445 g/mol. The Bertz CT molecular complexity index is 1010. The summed E-state index contributed by atoms with van der Waals surface area (Å²) in [6, 6.07) is 26.9. The first-order valence-corrected chi connectivity index (χ1v) is 10.9. The summed E-state index contributed by atoms with van der Waals surface area (Å²) in [5.74, 6) is -0.430. The molecule has 0 bridgehead atoms. The summed E-state index contributed by atoms with van der Waals surface area (Å²) >= 11 is 0. The summed E-state index contributed by atoms with van der Waals surface area (Å²) in [4.78, 5) is 37.0. The standard InChI is InChI=1S/C27H28N2O4/c30-19-24(17-16-21-10-4-1-5-11-21)28-26(31)25(18-22-12-6-2-7-13-22)29-27(32)33-20-23-14-8-3-9-15-23/h1-15,19,24-25H,16-18,20H2,(H,28,31)(H,29,32)/t24-,25?/m0/s1. The highest BCUT2D eigenvalue weighted by Crippen LogP contribution is 2.08. The van der Waals surface area contributed by atoms with Gasteiger partial charge in [-0.3, -0.25) is 4.79 Å². The van der Waals surface area contributed by atoms with E-state index in [2.05, 4.69) is 10.6 Å². The summed E-state index contributed by atoms with van der Waals surface area (Å²) < 4.78 is 5.28. The Morgan fingerprint density at radius 2 is 1.30 bits per heavy atom. The molecule has 2 N–H and O–H groups in total. The molecule has 3 aromatic rings. The Kier molecular flexibility index (Phi) is 9.21. The minimum Gasteiger partial charge on any atom is -0.445 e. The SMILES string of the molecule is O=C[C@H](CCc1ccccc1)NC(=O)C(Cc1ccccc1)NC(=O)OCc1ccccc1. The third-order valence-corrected chi connectivity index (χ3v) is 5.18. The first kappa shape index (κ1) is 23.7. The van der Waals surface area contributed by atoms with Crippen LogP contribution in [-0.2, 0) is 33.8 Å². The molecule has 170 valence electrons. The molecule has 6 nitrogen and oxygen atoms in total. The van der Waals surface area contributed by atoms with E-state index in [0.29, 0.717) is 12.8 Å². The van der Waals surface area contributed by atoms with Crippen molar-refractivity contribution in [3.8, 4) is 0 Å². The minimum atomic E-state index is -0.880. The fraction of sp³-hybridized carbons (Fsp3) is 0.222. The molecule has 1 unspecified atom stereocenters. The van der Waals surface area contributed by atoms with E-state index in [1.807, 2.05) is 91.0 Å². The van der Waals surface area contributed by atoms with Gasteiger partial charge in [0.1, 0.15) is 18.9 Å². The van der Waals surface area contributed by atoms with Crippen molar-refractivity contribution in [1.82, 2.24) is 10.6 Å². The molecule has 0 aromatic heterocycles. The van der Waals surface area contributed by atoms with Crippen LogP contribution in [0.25, 0.3) is 0 Å². The van der Waals surface area contributed by atoms with Gasteiger partial charge in [0.05, 0.1) is 6.04 Å². The lowest BCUT2D eigenvalue weighted by atomic mass is 10.0. The van der Waals surface area contributed by atoms with E-state index in [9.17, 15) is 14.4 Å². The first-order chi connectivity index (χ1) is 16.1. The molecule has 0 aliphatic rings. The summed E-state index contributed by atoms with van der Waals surface area (Å²) in [5, 5.41) is 5.41. The zero-order valence-corrected chi connectivity index (χ0v) is 18.4. The number of hydrogen-bond donors (Lipinski definition) is 2. The van der Waals surface area contributed by atoms with Crippen molar-refractivity contribution in [2.75, 3.05) is 0 Å². The molecule has 0 spiro atoms. The van der Waals surface area contributed by atoms with Crippen LogP contribution in [0.5, 0.6) is 0 Å². The highest BCUT2D eigenvalue weighted by molar-refractivity contribution is 5.87. The fourth-order valence-electron chi connectivity index (χ4n) is 3.39. The summed E-state index contributed by atoms with van der Waals surface area (Å²) in [7, 11) is 0. The number of nitrogens with one attached hydrogen (secondary N) is 2. The number of carbonyl (C=O) groups excluding carboxylic acids is 3. The molecule has 0 saturated carbocycles. The van der Waals surface area contributed by atoms with Gasteiger partial charge in [0.15, 0.2) is 0 Å².